The minimum absolute atomic E-state index is 0.00681. The van der Waals surface area contributed by atoms with Crippen LogP contribution >= 0.6 is 24.4 Å². The number of hydrogen-bond acceptors (Lipinski definition) is 20. The number of carboxylic acid groups (broad SMARTS) is 3. The van der Waals surface area contributed by atoms with Crippen LogP contribution in [-0.2, 0) is 78.3 Å². The maximum Gasteiger partial charge on any atom is 0.322 e. The van der Waals surface area contributed by atoms with Gasteiger partial charge in [-0.05, 0) is 61.3 Å². The van der Waals surface area contributed by atoms with Crippen molar-refractivity contribution in [1.29, 1.82) is 0 Å². The van der Waals surface area contributed by atoms with Crippen molar-refractivity contribution in [3.63, 3.8) is 0 Å². The maximum atomic E-state index is 14.2. The molecule has 1 aromatic rings. The summed E-state index contributed by atoms with van der Waals surface area (Å²) in [6.07, 6.45) is -0.0965. The predicted molar refractivity (Wildman–Crippen MR) is 312 cm³/mol. The summed E-state index contributed by atoms with van der Waals surface area (Å²) in [4.78, 5) is 194. The van der Waals surface area contributed by atoms with E-state index in [2.05, 4.69) is 76.1 Å². The number of carboxylic acids is 3. The fourth-order valence-electron chi connectivity index (χ4n) is 7.21. The molecular weight excluding hydrogens is 1190 g/mol. The summed E-state index contributed by atoms with van der Waals surface area (Å²) < 4.78 is 0. The molecule has 0 aliphatic rings. The molecule has 1 rings (SSSR count). The Morgan fingerprint density at radius 3 is 1.51 bits per heavy atom. The van der Waals surface area contributed by atoms with Crippen molar-refractivity contribution in [2.75, 3.05) is 63.6 Å². The number of carbonyl (C=O) groups is 15. The zero-order chi connectivity index (χ0) is 65.8. The quantitative estimate of drug-likeness (QED) is 0.0125. The van der Waals surface area contributed by atoms with E-state index in [4.69, 9.17) is 27.4 Å². The second-order valence-corrected chi connectivity index (χ2v) is 20.4. The Morgan fingerprint density at radius 1 is 0.540 bits per heavy atom. The fourth-order valence-corrected chi connectivity index (χ4v) is 7.84. The Balaban J connectivity index is 2.98. The van der Waals surface area contributed by atoms with Gasteiger partial charge in [0.15, 0.2) is 5.96 Å². The predicted octanol–water partition coefficient (Wildman–Crippen LogP) is -7.93. The van der Waals surface area contributed by atoms with Gasteiger partial charge in [0.2, 0.25) is 70.9 Å². The summed E-state index contributed by atoms with van der Waals surface area (Å²) in [5, 5.41) is 64.7. The number of guanidine groups is 1. The van der Waals surface area contributed by atoms with Crippen LogP contribution in [0.3, 0.4) is 0 Å². The van der Waals surface area contributed by atoms with Gasteiger partial charge in [-0.2, -0.15) is 24.4 Å². The minimum Gasteiger partial charge on any atom is -0.508 e. The van der Waals surface area contributed by atoms with Gasteiger partial charge in [-0.25, -0.2) is 0 Å². The van der Waals surface area contributed by atoms with Crippen LogP contribution in [0.5, 0.6) is 5.75 Å². The summed E-state index contributed by atoms with van der Waals surface area (Å²) >= 11 is 5.43. The second kappa shape index (κ2) is 41.1. The van der Waals surface area contributed by atoms with E-state index in [0.717, 1.165) is 0 Å². The highest BCUT2D eigenvalue weighted by molar-refractivity contribution is 7.98. The summed E-state index contributed by atoms with van der Waals surface area (Å²) in [6, 6.07) is -4.01. The van der Waals surface area contributed by atoms with Crippen LogP contribution in [0.1, 0.15) is 64.4 Å². The van der Waals surface area contributed by atoms with Crippen LogP contribution in [0, 0.1) is 5.92 Å². The van der Waals surface area contributed by atoms with Gasteiger partial charge >= 0.3 is 17.9 Å². The number of phenols is 1. The summed E-state index contributed by atoms with van der Waals surface area (Å²) in [5.74, 6) is -16.2. The number of thiol groups is 1. The number of aromatic hydroxyl groups is 1. The van der Waals surface area contributed by atoms with E-state index in [-0.39, 0.29) is 56.1 Å². The number of hydrogen-bond donors (Lipinski definition) is 20. The first kappa shape index (κ1) is 76.0. The molecule has 22 N–H and O–H groups in total. The van der Waals surface area contributed by atoms with Crippen molar-refractivity contribution in [2.45, 2.75) is 108 Å². The number of amides is 12. The number of benzene rings is 1. The van der Waals surface area contributed by atoms with E-state index in [1.165, 1.54) is 36.0 Å². The number of aliphatic carboxylic acids is 3. The molecule has 0 aliphatic heterocycles. The van der Waals surface area contributed by atoms with Crippen LogP contribution in [0.15, 0.2) is 29.3 Å². The first-order chi connectivity index (χ1) is 41.0. The molecule has 1 aromatic carbocycles. The van der Waals surface area contributed by atoms with Crippen molar-refractivity contribution in [1.82, 2.24) is 63.8 Å². The largest absolute Gasteiger partial charge is 0.508 e. The molecule has 0 aliphatic carbocycles. The zero-order valence-electron chi connectivity index (χ0n) is 47.9. The molecule has 12 amide bonds. The van der Waals surface area contributed by atoms with E-state index < -0.39 is 196 Å². The lowest BCUT2D eigenvalue weighted by atomic mass is 9.96. The van der Waals surface area contributed by atoms with Gasteiger partial charge < -0.3 is 101 Å². The molecule has 0 unspecified atom stereocenters. The Kier molecular flexibility index (Phi) is 35.9. The molecule has 8 atom stereocenters. The summed E-state index contributed by atoms with van der Waals surface area (Å²) in [6.45, 7) is -1.50. The molecule has 0 saturated heterocycles. The molecule has 0 heterocycles. The molecule has 0 saturated carbocycles. The molecule has 0 fully saturated rings. The van der Waals surface area contributed by atoms with E-state index >= 15 is 0 Å². The third-order valence-corrected chi connectivity index (χ3v) is 13.1. The lowest BCUT2D eigenvalue weighted by molar-refractivity contribution is -0.141. The standard InChI is InChI=1S/C50H78N16O19S2/c1-4-25(2)42(66-48(84)32(16-26-7-9-27(67)10-8-26)65-47(83)31(13-15-87-3)63-43(79)28(51)24-86)49(85)64-30(11-12-39(73)74)45(81)58-20-36(70)56-18-34(68)55-19-35(69)57-21-37(71)61-29(6-5-14-54-50(52)53)44(80)59-22-38(72)62-33(17-40(75)76)46(82)60-23-41(77)78/h7-10,25,28-33,42,67,86H,4-6,11-24,51H2,1-3H3,(H,55,68)(H,56,70)(H,57,69)(H,58,81)(H,59,80)(H,60,82)(H,61,71)(H,62,72)(H,63,79)(H,64,85)(H,65,83)(H,66,84)(H,73,74)(H,75,76)(H,77,78)(H4,52,53,54)/t25-,28-,29-,30-,31-,32-,33-,42-/m0/s1. The van der Waals surface area contributed by atoms with Gasteiger partial charge in [-0.1, -0.05) is 32.4 Å². The van der Waals surface area contributed by atoms with E-state index in [1.54, 1.807) is 20.1 Å². The zero-order valence-corrected chi connectivity index (χ0v) is 49.6. The van der Waals surface area contributed by atoms with Crippen molar-refractivity contribution < 1.29 is 92.3 Å². The Bertz CT molecular complexity index is 2610. The number of carbonyl (C=O) groups excluding carboxylic acids is 12. The maximum absolute atomic E-state index is 14.2. The van der Waals surface area contributed by atoms with Crippen molar-refractivity contribution in [3.8, 4) is 5.75 Å². The number of nitrogens with two attached hydrogens (primary N) is 3. The number of aliphatic imine (C=N–C) groups is 1. The third-order valence-electron chi connectivity index (χ3n) is 12.1. The van der Waals surface area contributed by atoms with Crippen LogP contribution in [0.4, 0.5) is 0 Å². The average Bonchev–Trinajstić information content (AvgIpc) is 3.19. The fraction of sp³-hybridized carbons (Fsp3) is 0.560. The van der Waals surface area contributed by atoms with Gasteiger partial charge in [-0.3, -0.25) is 76.9 Å². The molecule has 484 valence electrons. The molecule has 0 aromatic heterocycles. The highest BCUT2D eigenvalue weighted by Crippen LogP contribution is 2.15. The van der Waals surface area contributed by atoms with Gasteiger partial charge in [0, 0.05) is 25.1 Å². The number of phenolic OH excluding ortho intramolecular Hbond substituents is 1. The highest BCUT2D eigenvalue weighted by Gasteiger charge is 2.35. The topological polar surface area (TPSA) is 572 Å². The Labute approximate surface area is 508 Å². The molecule has 37 heteroatoms. The number of rotatable bonds is 42. The Hall–Kier alpha value is -9.00. The number of nitrogens with one attached hydrogen (secondary N) is 12. The van der Waals surface area contributed by atoms with Gasteiger partial charge in [0.1, 0.15) is 48.5 Å². The molecule has 35 nitrogen and oxygen atoms in total. The SMILES string of the molecule is CC[C@H](C)[C@H](NC(=O)[C@H](Cc1ccc(O)cc1)NC(=O)[C@H](CCSC)NC(=O)[C@@H](N)CS)C(=O)N[C@@H](CCC(=O)O)C(=O)NCC(=O)NCC(=O)NCC(=O)NCC(=O)N[C@@H](CCCN=C(N)N)C(=O)NCC(=O)N[C@@H](CC(=O)O)C(=O)NCC(=O)O. The molecule has 0 bridgehead atoms. The second-order valence-electron chi connectivity index (χ2n) is 19.1. The van der Waals surface area contributed by atoms with Crippen LogP contribution < -0.4 is 81.0 Å². The van der Waals surface area contributed by atoms with Crippen molar-refractivity contribution in [2.24, 2.45) is 28.1 Å². The van der Waals surface area contributed by atoms with Gasteiger partial charge in [-0.15, -0.1) is 0 Å². The van der Waals surface area contributed by atoms with Crippen LogP contribution in [0.25, 0.3) is 0 Å². The monoisotopic (exact) mass is 1270 g/mol. The summed E-state index contributed by atoms with van der Waals surface area (Å²) in [5.41, 5.74) is 16.9. The van der Waals surface area contributed by atoms with E-state index in [9.17, 15) is 82.1 Å². The highest BCUT2D eigenvalue weighted by atomic mass is 32.2. The normalized spacial score (nSPS) is 13.4. The van der Waals surface area contributed by atoms with Gasteiger partial charge in [0.05, 0.1) is 45.2 Å². The first-order valence-electron chi connectivity index (χ1n) is 26.8. The molecule has 87 heavy (non-hydrogen) atoms. The number of nitrogens with zero attached hydrogens (tertiary/aromatic N) is 1. The third kappa shape index (κ3) is 32.8. The summed E-state index contributed by atoms with van der Waals surface area (Å²) in [7, 11) is 0. The first-order valence-corrected chi connectivity index (χ1v) is 28.8. The van der Waals surface area contributed by atoms with Crippen LogP contribution in [-0.4, -0.2) is 221 Å². The van der Waals surface area contributed by atoms with Crippen LogP contribution in [0.2, 0.25) is 0 Å². The van der Waals surface area contributed by atoms with Crippen molar-refractivity contribution >= 4 is 119 Å². The molecule has 0 spiro atoms. The minimum atomic E-state index is -1.72. The molecular formula is C50H78N16O19S2. The lowest BCUT2D eigenvalue weighted by Gasteiger charge is -2.29. The van der Waals surface area contributed by atoms with Crippen molar-refractivity contribution in [3.05, 3.63) is 29.8 Å². The van der Waals surface area contributed by atoms with Gasteiger partial charge in [0.25, 0.3) is 0 Å². The number of thioether (sulfide) groups is 1. The van der Waals surface area contributed by atoms with E-state index in [0.29, 0.717) is 11.3 Å². The average molecular weight is 1270 g/mol. The Morgan fingerprint density at radius 2 is 1.00 bits per heavy atom. The molecule has 0 radical (unpaired) electrons. The smallest absolute Gasteiger partial charge is 0.322 e. The lowest BCUT2D eigenvalue weighted by Crippen LogP contribution is -2.60. The van der Waals surface area contributed by atoms with E-state index in [1.807, 2.05) is 5.32 Å².